The van der Waals surface area contributed by atoms with Crippen molar-refractivity contribution in [1.82, 2.24) is 10.2 Å². The number of nitrogens with one attached hydrogen (secondary N) is 1. The maximum absolute atomic E-state index is 11.4. The Labute approximate surface area is 86.8 Å². The normalized spacial score (nSPS) is 15.3. The van der Waals surface area contributed by atoms with Gasteiger partial charge in [-0.05, 0) is 27.4 Å². The number of carbonyl (C=O) groups is 1. The predicted octanol–water partition coefficient (Wildman–Crippen LogP) is 0.180. The van der Waals surface area contributed by atoms with Crippen LogP contribution in [0.4, 0.5) is 0 Å². The van der Waals surface area contributed by atoms with Crippen LogP contribution in [0.15, 0.2) is 0 Å². The summed E-state index contributed by atoms with van der Waals surface area (Å²) in [5, 5.41) is 2.84. The van der Waals surface area contributed by atoms with E-state index in [0.29, 0.717) is 12.6 Å². The van der Waals surface area contributed by atoms with Crippen molar-refractivity contribution in [2.45, 2.75) is 38.8 Å². The highest BCUT2D eigenvalue weighted by Gasteiger charge is 2.13. The zero-order valence-corrected chi connectivity index (χ0v) is 9.71. The van der Waals surface area contributed by atoms with Gasteiger partial charge in [0.15, 0.2) is 0 Å². The van der Waals surface area contributed by atoms with Crippen molar-refractivity contribution in [2.75, 3.05) is 20.6 Å². The van der Waals surface area contributed by atoms with Crippen molar-refractivity contribution in [3.63, 3.8) is 0 Å². The summed E-state index contributed by atoms with van der Waals surface area (Å²) in [5.41, 5.74) is 5.66. The van der Waals surface area contributed by atoms with Gasteiger partial charge >= 0.3 is 0 Å². The van der Waals surface area contributed by atoms with Gasteiger partial charge in [0.05, 0.1) is 6.04 Å². The molecule has 0 aliphatic rings. The van der Waals surface area contributed by atoms with E-state index in [2.05, 4.69) is 17.1 Å². The maximum atomic E-state index is 11.4. The summed E-state index contributed by atoms with van der Waals surface area (Å²) < 4.78 is 0. The van der Waals surface area contributed by atoms with Crippen LogP contribution in [0.5, 0.6) is 0 Å². The highest BCUT2D eigenvalue weighted by atomic mass is 16.2. The largest absolute Gasteiger partial charge is 0.353 e. The van der Waals surface area contributed by atoms with Crippen LogP contribution < -0.4 is 11.1 Å². The Morgan fingerprint density at radius 3 is 2.50 bits per heavy atom. The lowest BCUT2D eigenvalue weighted by atomic mass is 10.1. The van der Waals surface area contributed by atoms with Crippen molar-refractivity contribution in [1.29, 1.82) is 0 Å². The fraction of sp³-hybridized carbons (Fsp3) is 0.900. The number of hydrogen-bond donors (Lipinski definition) is 2. The van der Waals surface area contributed by atoms with Gasteiger partial charge in [0.25, 0.3) is 0 Å². The van der Waals surface area contributed by atoms with Gasteiger partial charge in [0.1, 0.15) is 0 Å². The second-order valence-corrected chi connectivity index (χ2v) is 3.95. The lowest BCUT2D eigenvalue weighted by Gasteiger charge is -2.21. The van der Waals surface area contributed by atoms with E-state index in [0.717, 1.165) is 12.8 Å². The van der Waals surface area contributed by atoms with Gasteiger partial charge < -0.3 is 16.0 Å². The van der Waals surface area contributed by atoms with Gasteiger partial charge in [-0.2, -0.15) is 0 Å². The molecule has 0 aromatic heterocycles. The molecule has 0 aliphatic carbocycles. The molecule has 0 spiro atoms. The number of likely N-dealkylation sites (N-methyl/N-ethyl adjacent to an activating group) is 1. The predicted molar refractivity (Wildman–Crippen MR) is 59.0 cm³/mol. The Morgan fingerprint density at radius 2 is 2.07 bits per heavy atom. The molecule has 2 atom stereocenters. The van der Waals surface area contributed by atoms with Crippen LogP contribution in [0.1, 0.15) is 26.7 Å². The minimum absolute atomic E-state index is 0.0412. The molecule has 4 heteroatoms. The summed E-state index contributed by atoms with van der Waals surface area (Å²) in [6.07, 6.45) is 1.69. The first-order chi connectivity index (χ1) is 6.49. The molecule has 1 unspecified atom stereocenters. The van der Waals surface area contributed by atoms with Gasteiger partial charge in [0, 0.05) is 12.6 Å². The molecule has 0 aliphatic heterocycles. The van der Waals surface area contributed by atoms with Crippen molar-refractivity contribution < 1.29 is 4.79 Å². The first kappa shape index (κ1) is 13.4. The number of nitrogens with two attached hydrogens (primary N) is 1. The third-order valence-corrected chi connectivity index (χ3v) is 2.39. The molecule has 0 radical (unpaired) electrons. The molecule has 0 rings (SSSR count). The van der Waals surface area contributed by atoms with Gasteiger partial charge in [-0.1, -0.05) is 13.3 Å². The number of hydrogen-bond acceptors (Lipinski definition) is 3. The van der Waals surface area contributed by atoms with Gasteiger partial charge in [-0.15, -0.1) is 0 Å². The second kappa shape index (κ2) is 6.79. The molecular formula is C10H23N3O. The van der Waals surface area contributed by atoms with Crippen molar-refractivity contribution in [3.05, 3.63) is 0 Å². The summed E-state index contributed by atoms with van der Waals surface area (Å²) >= 11 is 0. The van der Waals surface area contributed by atoms with Gasteiger partial charge in [-0.3, -0.25) is 4.79 Å². The average molecular weight is 201 g/mol. The molecule has 0 bridgehead atoms. The Hall–Kier alpha value is -0.610. The molecule has 84 valence electrons. The zero-order valence-electron chi connectivity index (χ0n) is 9.71. The lowest BCUT2D eigenvalue weighted by Crippen LogP contribution is -2.45. The number of amides is 1. The molecule has 0 heterocycles. The van der Waals surface area contributed by atoms with E-state index >= 15 is 0 Å². The lowest BCUT2D eigenvalue weighted by molar-refractivity contribution is -0.122. The molecule has 14 heavy (non-hydrogen) atoms. The minimum atomic E-state index is -0.352. The van der Waals surface area contributed by atoms with Crippen LogP contribution in [0, 0.1) is 0 Å². The van der Waals surface area contributed by atoms with E-state index in [-0.39, 0.29) is 11.9 Å². The quantitative estimate of drug-likeness (QED) is 0.644. The smallest absolute Gasteiger partial charge is 0.236 e. The second-order valence-electron chi connectivity index (χ2n) is 3.95. The molecular weight excluding hydrogens is 178 g/mol. The Morgan fingerprint density at radius 1 is 1.50 bits per heavy atom. The van der Waals surface area contributed by atoms with E-state index < -0.39 is 0 Å². The molecule has 0 saturated heterocycles. The molecule has 4 nitrogen and oxygen atoms in total. The number of rotatable bonds is 6. The van der Waals surface area contributed by atoms with E-state index in [1.165, 1.54) is 0 Å². The number of carbonyl (C=O) groups excluding carboxylic acids is 1. The highest BCUT2D eigenvalue weighted by molar-refractivity contribution is 5.81. The van der Waals surface area contributed by atoms with Crippen LogP contribution in [-0.2, 0) is 4.79 Å². The molecule has 1 amide bonds. The van der Waals surface area contributed by atoms with Crippen molar-refractivity contribution in [2.24, 2.45) is 5.73 Å². The monoisotopic (exact) mass is 201 g/mol. The molecule has 3 N–H and O–H groups in total. The SMILES string of the molecule is CCC[C@H](N)C(=O)NCC(C)N(C)C. The van der Waals surface area contributed by atoms with Crippen LogP contribution in [-0.4, -0.2) is 43.5 Å². The van der Waals surface area contributed by atoms with E-state index in [1.54, 1.807) is 0 Å². The van der Waals surface area contributed by atoms with Crippen LogP contribution in [0.25, 0.3) is 0 Å². The van der Waals surface area contributed by atoms with Gasteiger partial charge in [0.2, 0.25) is 5.91 Å². The maximum Gasteiger partial charge on any atom is 0.236 e. The van der Waals surface area contributed by atoms with Crippen molar-refractivity contribution in [3.8, 4) is 0 Å². The van der Waals surface area contributed by atoms with Crippen LogP contribution in [0.2, 0.25) is 0 Å². The summed E-state index contributed by atoms with van der Waals surface area (Å²) in [7, 11) is 3.98. The summed E-state index contributed by atoms with van der Waals surface area (Å²) in [6, 6.07) is -0.0119. The molecule has 0 fully saturated rings. The third-order valence-electron chi connectivity index (χ3n) is 2.39. The molecule has 0 aromatic carbocycles. The first-order valence-corrected chi connectivity index (χ1v) is 5.18. The van der Waals surface area contributed by atoms with Gasteiger partial charge in [-0.25, -0.2) is 0 Å². The zero-order chi connectivity index (χ0) is 11.1. The fourth-order valence-electron chi connectivity index (χ4n) is 1.00. The first-order valence-electron chi connectivity index (χ1n) is 5.18. The summed E-state index contributed by atoms with van der Waals surface area (Å²) in [6.45, 7) is 4.74. The van der Waals surface area contributed by atoms with Crippen LogP contribution in [0.3, 0.4) is 0 Å². The molecule has 0 saturated carbocycles. The standard InChI is InChI=1S/C10H23N3O/c1-5-6-9(11)10(14)12-7-8(2)13(3)4/h8-9H,5-7,11H2,1-4H3,(H,12,14)/t8?,9-/m0/s1. The average Bonchev–Trinajstić information content (AvgIpc) is 2.13. The summed E-state index contributed by atoms with van der Waals surface area (Å²) in [5.74, 6) is -0.0412. The summed E-state index contributed by atoms with van der Waals surface area (Å²) in [4.78, 5) is 13.5. The third kappa shape index (κ3) is 5.19. The highest BCUT2D eigenvalue weighted by Crippen LogP contribution is 1.94. The fourth-order valence-corrected chi connectivity index (χ4v) is 1.00. The molecule has 0 aromatic rings. The van der Waals surface area contributed by atoms with E-state index in [9.17, 15) is 4.79 Å². The van der Waals surface area contributed by atoms with Crippen LogP contribution >= 0.6 is 0 Å². The Balaban J connectivity index is 3.73. The Bertz CT molecular complexity index is 171. The topological polar surface area (TPSA) is 58.4 Å². The van der Waals surface area contributed by atoms with E-state index in [1.807, 2.05) is 21.0 Å². The van der Waals surface area contributed by atoms with E-state index in [4.69, 9.17) is 5.73 Å². The Kier molecular flexibility index (Phi) is 6.49. The van der Waals surface area contributed by atoms with Crippen molar-refractivity contribution >= 4 is 5.91 Å². The number of nitrogens with zero attached hydrogens (tertiary/aromatic N) is 1. The minimum Gasteiger partial charge on any atom is -0.353 e.